The Hall–Kier alpha value is -1.28. The molecule has 1 aliphatic rings. The van der Waals surface area contributed by atoms with Crippen LogP contribution in [0.4, 0.5) is 0 Å². The lowest BCUT2D eigenvalue weighted by molar-refractivity contribution is -0.156. The first-order valence-corrected chi connectivity index (χ1v) is 8.82. The van der Waals surface area contributed by atoms with E-state index in [0.717, 1.165) is 12.8 Å². The zero-order chi connectivity index (χ0) is 17.5. The first-order valence-electron chi connectivity index (χ1n) is 7.83. The van der Waals surface area contributed by atoms with Gasteiger partial charge in [-0.05, 0) is 20.3 Å². The fraction of sp³-hybridized carbons (Fsp3) is 0.800. The summed E-state index contributed by atoms with van der Waals surface area (Å²) in [7, 11) is 0. The summed E-state index contributed by atoms with van der Waals surface area (Å²) in [5.41, 5.74) is 0. The van der Waals surface area contributed by atoms with Gasteiger partial charge in [-0.15, -0.1) is 11.8 Å². The number of hydroxylamine groups is 2. The molecule has 0 bridgehead atoms. The monoisotopic (exact) mass is 346 g/mol. The number of cyclic esters (lactones) is 1. The van der Waals surface area contributed by atoms with Crippen LogP contribution in [0.3, 0.4) is 0 Å². The van der Waals surface area contributed by atoms with Crippen LogP contribution in [0.1, 0.15) is 40.0 Å². The Morgan fingerprint density at radius 2 is 2.30 bits per heavy atom. The fourth-order valence-electron chi connectivity index (χ4n) is 2.41. The van der Waals surface area contributed by atoms with Crippen molar-refractivity contribution < 1.29 is 24.3 Å². The second kappa shape index (κ2) is 9.12. The van der Waals surface area contributed by atoms with Gasteiger partial charge in [-0.1, -0.05) is 19.8 Å². The Kier molecular flexibility index (Phi) is 7.84. The number of nitrogens with zero attached hydrogens (tertiary/aromatic N) is 1. The van der Waals surface area contributed by atoms with Crippen molar-refractivity contribution >= 4 is 30.0 Å². The molecule has 0 aliphatic carbocycles. The lowest BCUT2D eigenvalue weighted by atomic mass is 9.98. The molecular formula is C15H26N2O5S. The molecule has 0 unspecified atom stereocenters. The largest absolute Gasteiger partial charge is 0.463 e. The summed E-state index contributed by atoms with van der Waals surface area (Å²) in [6.45, 7) is 6.01. The number of ether oxygens (including phenoxy) is 1. The van der Waals surface area contributed by atoms with Gasteiger partial charge < -0.3 is 10.1 Å². The molecule has 0 aromatic rings. The maximum atomic E-state index is 12.5. The average Bonchev–Trinajstić information content (AvgIpc) is 2.63. The second-order valence-corrected chi connectivity index (χ2v) is 7.88. The highest BCUT2D eigenvalue weighted by atomic mass is 32.2. The number of hydrogen-bond acceptors (Lipinski definition) is 6. The van der Waals surface area contributed by atoms with Gasteiger partial charge in [0.25, 0.3) is 0 Å². The van der Waals surface area contributed by atoms with Crippen molar-refractivity contribution in [3.8, 4) is 0 Å². The summed E-state index contributed by atoms with van der Waals surface area (Å²) in [4.78, 5) is 35.2. The van der Waals surface area contributed by atoms with Crippen LogP contribution in [-0.4, -0.2) is 58.3 Å². The number of carbonyl (C=O) groups is 3. The van der Waals surface area contributed by atoms with Crippen LogP contribution in [0.2, 0.25) is 0 Å². The molecule has 0 saturated carbocycles. The lowest BCUT2D eigenvalue weighted by Gasteiger charge is -2.31. The first kappa shape index (κ1) is 19.8. The van der Waals surface area contributed by atoms with Crippen molar-refractivity contribution in [2.45, 2.75) is 50.8 Å². The van der Waals surface area contributed by atoms with Gasteiger partial charge in [0, 0.05) is 10.5 Å². The summed E-state index contributed by atoms with van der Waals surface area (Å²) >= 11 is 1.57. The third kappa shape index (κ3) is 6.02. The quantitative estimate of drug-likeness (QED) is 0.297. The van der Waals surface area contributed by atoms with Crippen LogP contribution in [0, 0.1) is 5.92 Å². The Labute approximate surface area is 141 Å². The van der Waals surface area contributed by atoms with E-state index in [4.69, 9.17) is 4.74 Å². The molecule has 2 atom stereocenters. The van der Waals surface area contributed by atoms with Gasteiger partial charge >= 0.3 is 5.97 Å². The maximum Gasteiger partial charge on any atom is 0.330 e. The van der Waals surface area contributed by atoms with Crippen molar-refractivity contribution in [1.82, 2.24) is 10.4 Å². The minimum atomic E-state index is -0.755. The smallest absolute Gasteiger partial charge is 0.330 e. The lowest BCUT2D eigenvalue weighted by Crippen LogP contribution is -2.54. The third-order valence-corrected chi connectivity index (χ3v) is 5.18. The summed E-state index contributed by atoms with van der Waals surface area (Å²) in [5, 5.41) is 12.6. The van der Waals surface area contributed by atoms with Crippen LogP contribution in [0.15, 0.2) is 0 Å². The first-order chi connectivity index (χ1) is 10.8. The second-order valence-electron chi connectivity index (χ2n) is 6.13. The van der Waals surface area contributed by atoms with E-state index >= 15 is 0 Å². The third-order valence-electron chi connectivity index (χ3n) is 3.83. The van der Waals surface area contributed by atoms with E-state index in [2.05, 4.69) is 5.32 Å². The van der Waals surface area contributed by atoms with Gasteiger partial charge in [0.05, 0.1) is 12.5 Å². The van der Waals surface area contributed by atoms with E-state index in [1.54, 1.807) is 11.8 Å². The Balaban J connectivity index is 2.81. The van der Waals surface area contributed by atoms with Gasteiger partial charge in [-0.25, -0.2) is 9.86 Å². The summed E-state index contributed by atoms with van der Waals surface area (Å²) in [5.74, 6) is -0.683. The van der Waals surface area contributed by atoms with Crippen LogP contribution in [0.5, 0.6) is 0 Å². The van der Waals surface area contributed by atoms with Crippen LogP contribution in [-0.2, 0) is 19.1 Å². The molecule has 2 N–H and O–H groups in total. The number of nitrogens with one attached hydrogen (secondary N) is 1. The molecule has 8 heteroatoms. The number of thioether (sulfide) groups is 1. The van der Waals surface area contributed by atoms with E-state index in [-0.39, 0.29) is 18.9 Å². The highest BCUT2D eigenvalue weighted by molar-refractivity contribution is 8.00. The zero-order valence-electron chi connectivity index (χ0n) is 13.9. The number of hydrogen-bond donors (Lipinski definition) is 2. The van der Waals surface area contributed by atoms with Gasteiger partial charge in [0.15, 0.2) is 0 Å². The molecule has 1 heterocycles. The molecule has 132 valence electrons. The topological polar surface area (TPSA) is 95.9 Å². The zero-order valence-corrected chi connectivity index (χ0v) is 14.7. The van der Waals surface area contributed by atoms with E-state index in [0.29, 0.717) is 23.8 Å². The van der Waals surface area contributed by atoms with E-state index in [9.17, 15) is 19.6 Å². The van der Waals surface area contributed by atoms with E-state index < -0.39 is 22.7 Å². The van der Waals surface area contributed by atoms with Gasteiger partial charge in [-0.3, -0.25) is 14.8 Å². The van der Waals surface area contributed by atoms with E-state index in [1.807, 2.05) is 20.8 Å². The van der Waals surface area contributed by atoms with Crippen molar-refractivity contribution in [2.24, 2.45) is 5.92 Å². The molecule has 23 heavy (non-hydrogen) atoms. The average molecular weight is 346 g/mol. The van der Waals surface area contributed by atoms with Crippen molar-refractivity contribution in [1.29, 1.82) is 0 Å². The predicted molar refractivity (Wildman–Crippen MR) is 87.0 cm³/mol. The predicted octanol–water partition coefficient (Wildman–Crippen LogP) is 1.19. The van der Waals surface area contributed by atoms with Crippen LogP contribution >= 0.6 is 11.8 Å². The Morgan fingerprint density at radius 1 is 1.61 bits per heavy atom. The molecule has 1 fully saturated rings. The van der Waals surface area contributed by atoms with Crippen LogP contribution < -0.4 is 5.32 Å². The molecule has 0 radical (unpaired) electrons. The number of amides is 2. The number of carbonyl (C=O) groups excluding carboxylic acids is 3. The maximum absolute atomic E-state index is 12.5. The Morgan fingerprint density at radius 3 is 2.91 bits per heavy atom. The number of esters is 1. The minimum Gasteiger partial charge on any atom is -0.463 e. The number of unbranched alkanes of at least 4 members (excludes halogenated alkanes) is 1. The van der Waals surface area contributed by atoms with Crippen molar-refractivity contribution in [3.05, 3.63) is 0 Å². The molecular weight excluding hydrogens is 320 g/mol. The fourth-order valence-corrected chi connectivity index (χ4v) is 3.43. The summed E-state index contributed by atoms with van der Waals surface area (Å²) < 4.78 is 4.64. The van der Waals surface area contributed by atoms with Crippen molar-refractivity contribution in [2.75, 3.05) is 18.9 Å². The normalized spacial score (nSPS) is 21.7. The van der Waals surface area contributed by atoms with E-state index in [1.165, 1.54) is 0 Å². The molecule has 1 saturated heterocycles. The van der Waals surface area contributed by atoms with Crippen molar-refractivity contribution in [3.63, 3.8) is 0 Å². The Bertz CT molecular complexity index is 430. The number of rotatable bonds is 8. The molecule has 1 rings (SSSR count). The minimum absolute atomic E-state index is 0.0926. The summed E-state index contributed by atoms with van der Waals surface area (Å²) in [6.07, 6.45) is 2.48. The van der Waals surface area contributed by atoms with Gasteiger partial charge in [0.2, 0.25) is 12.3 Å². The van der Waals surface area contributed by atoms with Gasteiger partial charge in [0.1, 0.15) is 12.6 Å². The molecule has 0 aromatic heterocycles. The summed E-state index contributed by atoms with van der Waals surface area (Å²) in [6, 6.07) is -0.755. The highest BCUT2D eigenvalue weighted by Gasteiger charge is 2.41. The standard InChI is InChI=1S/C15H26N2O5S/c1-4-5-6-11(9-17(21)10-18)13(19)16-12-14(20)22-7-8-23-15(12,2)3/h10-12,21H,4-9H2,1-3H3,(H,16,19)/t11-,12+/m0/s1. The highest BCUT2D eigenvalue weighted by Crippen LogP contribution is 2.31. The molecule has 0 spiro atoms. The SMILES string of the molecule is CCCC[C@@H](CN(O)C=O)C(=O)N[C@@H]1C(=O)OCCSC1(C)C. The van der Waals surface area contributed by atoms with Gasteiger partial charge in [-0.2, -0.15) is 0 Å². The molecule has 2 amide bonds. The van der Waals surface area contributed by atoms with Crippen LogP contribution in [0.25, 0.3) is 0 Å². The molecule has 0 aromatic carbocycles. The molecule has 1 aliphatic heterocycles. The molecule has 7 nitrogen and oxygen atoms in total.